The maximum Gasteiger partial charge on any atom is 0.126 e. The Balaban J connectivity index is 1.56. The Bertz CT molecular complexity index is 589. The summed E-state index contributed by atoms with van der Waals surface area (Å²) in [5.41, 5.74) is 1.45. The van der Waals surface area contributed by atoms with Crippen LogP contribution in [-0.2, 0) is 6.42 Å². The molecule has 0 heterocycles. The molecule has 3 rings (SSSR count). The third-order valence-corrected chi connectivity index (χ3v) is 4.33. The number of unbranched alkanes of at least 4 members (excludes halogenated alkanes) is 2. The van der Waals surface area contributed by atoms with Crippen LogP contribution in [0.25, 0.3) is 10.8 Å². The smallest absolute Gasteiger partial charge is 0.126 e. The van der Waals surface area contributed by atoms with Gasteiger partial charge in [0.2, 0.25) is 0 Å². The van der Waals surface area contributed by atoms with Crippen molar-refractivity contribution in [1.82, 2.24) is 5.32 Å². The molecule has 0 saturated heterocycles. The van der Waals surface area contributed by atoms with Gasteiger partial charge in [0, 0.05) is 11.4 Å². The van der Waals surface area contributed by atoms with Crippen LogP contribution in [0.2, 0.25) is 0 Å². The van der Waals surface area contributed by atoms with Gasteiger partial charge in [-0.05, 0) is 55.7 Å². The van der Waals surface area contributed by atoms with E-state index in [1.165, 1.54) is 55.0 Å². The molecule has 2 aromatic rings. The molecule has 0 atom stereocenters. The van der Waals surface area contributed by atoms with E-state index in [1.54, 1.807) is 7.11 Å². The van der Waals surface area contributed by atoms with Crippen LogP contribution in [0.5, 0.6) is 5.75 Å². The Morgan fingerprint density at radius 2 is 1.81 bits per heavy atom. The second kappa shape index (κ2) is 6.95. The second-order valence-electron chi connectivity index (χ2n) is 6.01. The Labute approximate surface area is 127 Å². The summed E-state index contributed by atoms with van der Waals surface area (Å²) >= 11 is 0. The van der Waals surface area contributed by atoms with Gasteiger partial charge in [-0.25, -0.2) is 0 Å². The number of rotatable bonds is 8. The third kappa shape index (κ3) is 3.76. The minimum absolute atomic E-state index is 0.843. The molecule has 2 nitrogen and oxygen atoms in total. The van der Waals surface area contributed by atoms with Crippen molar-refractivity contribution < 1.29 is 4.74 Å². The molecule has 0 radical (unpaired) electrons. The summed E-state index contributed by atoms with van der Waals surface area (Å²) in [6, 6.07) is 13.7. The largest absolute Gasteiger partial charge is 0.496 e. The first-order valence-corrected chi connectivity index (χ1v) is 8.16. The first-order chi connectivity index (χ1) is 10.4. The number of hydrogen-bond acceptors (Lipinski definition) is 2. The monoisotopic (exact) mass is 283 g/mol. The first-order valence-electron chi connectivity index (χ1n) is 8.16. The van der Waals surface area contributed by atoms with Crippen molar-refractivity contribution in [3.8, 4) is 5.75 Å². The van der Waals surface area contributed by atoms with Crippen LogP contribution in [0.3, 0.4) is 0 Å². The lowest BCUT2D eigenvalue weighted by atomic mass is 9.99. The molecule has 0 aromatic heterocycles. The van der Waals surface area contributed by atoms with Gasteiger partial charge in [0.05, 0.1) is 7.11 Å². The van der Waals surface area contributed by atoms with E-state index in [4.69, 9.17) is 4.74 Å². The molecule has 1 aliphatic rings. The molecule has 2 heteroatoms. The summed E-state index contributed by atoms with van der Waals surface area (Å²) in [7, 11) is 1.74. The summed E-state index contributed by atoms with van der Waals surface area (Å²) in [5.74, 6) is 0.975. The van der Waals surface area contributed by atoms with Gasteiger partial charge < -0.3 is 10.1 Å². The van der Waals surface area contributed by atoms with Gasteiger partial charge in [-0.1, -0.05) is 36.8 Å². The highest BCUT2D eigenvalue weighted by molar-refractivity contribution is 5.91. The summed E-state index contributed by atoms with van der Waals surface area (Å²) in [6.07, 6.45) is 7.80. The fourth-order valence-corrected chi connectivity index (χ4v) is 2.94. The molecule has 0 bridgehead atoms. The maximum atomic E-state index is 5.46. The van der Waals surface area contributed by atoms with Crippen LogP contribution >= 0.6 is 0 Å². The van der Waals surface area contributed by atoms with Gasteiger partial charge in [0.1, 0.15) is 5.75 Å². The van der Waals surface area contributed by atoms with E-state index in [0.717, 1.165) is 18.2 Å². The standard InChI is InChI=1S/C19H25NO/c1-21-19-13-10-15(17-8-4-5-9-18(17)19)7-3-2-6-14-20-16-11-12-16/h4-5,8-10,13,16,20H,2-3,6-7,11-12,14H2,1H3. The SMILES string of the molecule is COc1ccc(CCCCCNC2CC2)c2ccccc12. The predicted molar refractivity (Wildman–Crippen MR) is 89.1 cm³/mol. The van der Waals surface area contributed by atoms with Gasteiger partial charge in [-0.3, -0.25) is 0 Å². The molecule has 1 N–H and O–H groups in total. The van der Waals surface area contributed by atoms with Gasteiger partial charge in [0.15, 0.2) is 0 Å². The lowest BCUT2D eigenvalue weighted by molar-refractivity contribution is 0.419. The second-order valence-corrected chi connectivity index (χ2v) is 6.01. The highest BCUT2D eigenvalue weighted by Gasteiger charge is 2.19. The number of aryl methyl sites for hydroxylation is 1. The Morgan fingerprint density at radius 3 is 2.57 bits per heavy atom. The molecule has 0 unspecified atom stereocenters. The van der Waals surface area contributed by atoms with Crippen LogP contribution < -0.4 is 10.1 Å². The van der Waals surface area contributed by atoms with Gasteiger partial charge in [0.25, 0.3) is 0 Å². The quantitative estimate of drug-likeness (QED) is 0.729. The molecule has 1 fully saturated rings. The van der Waals surface area contributed by atoms with Crippen molar-refractivity contribution in [2.75, 3.05) is 13.7 Å². The average Bonchev–Trinajstić information content (AvgIpc) is 3.35. The highest BCUT2D eigenvalue weighted by atomic mass is 16.5. The van der Waals surface area contributed by atoms with Gasteiger partial charge in [-0.2, -0.15) is 0 Å². The molecule has 2 aromatic carbocycles. The van der Waals surface area contributed by atoms with E-state index in [2.05, 4.69) is 41.7 Å². The number of methoxy groups -OCH3 is 1. The first kappa shape index (κ1) is 14.4. The lowest BCUT2D eigenvalue weighted by Crippen LogP contribution is -2.17. The molecule has 21 heavy (non-hydrogen) atoms. The molecule has 112 valence electrons. The Kier molecular flexibility index (Phi) is 4.76. The van der Waals surface area contributed by atoms with E-state index in [9.17, 15) is 0 Å². The zero-order valence-corrected chi connectivity index (χ0v) is 12.9. The summed E-state index contributed by atoms with van der Waals surface area (Å²) in [4.78, 5) is 0. The fraction of sp³-hybridized carbons (Fsp3) is 0.474. The van der Waals surface area contributed by atoms with Crippen LogP contribution in [0.4, 0.5) is 0 Å². The zero-order chi connectivity index (χ0) is 14.5. The van der Waals surface area contributed by atoms with Crippen LogP contribution in [-0.4, -0.2) is 19.7 Å². The van der Waals surface area contributed by atoms with E-state index in [0.29, 0.717) is 0 Å². The molecule has 1 aliphatic carbocycles. The Morgan fingerprint density at radius 1 is 1.00 bits per heavy atom. The van der Waals surface area contributed by atoms with Crippen LogP contribution in [0.15, 0.2) is 36.4 Å². The molecular weight excluding hydrogens is 258 g/mol. The molecule has 0 spiro atoms. The van der Waals surface area contributed by atoms with Gasteiger partial charge >= 0.3 is 0 Å². The van der Waals surface area contributed by atoms with E-state index in [-0.39, 0.29) is 0 Å². The van der Waals surface area contributed by atoms with Crippen molar-refractivity contribution in [2.45, 2.75) is 44.6 Å². The molecule has 0 aliphatic heterocycles. The number of nitrogens with one attached hydrogen (secondary N) is 1. The van der Waals surface area contributed by atoms with E-state index < -0.39 is 0 Å². The minimum Gasteiger partial charge on any atom is -0.496 e. The summed E-state index contributed by atoms with van der Waals surface area (Å²) in [5, 5.41) is 6.15. The number of benzene rings is 2. The number of ether oxygens (including phenoxy) is 1. The molecule has 1 saturated carbocycles. The fourth-order valence-electron chi connectivity index (χ4n) is 2.94. The van der Waals surface area contributed by atoms with Crippen molar-refractivity contribution >= 4 is 10.8 Å². The normalized spacial score (nSPS) is 14.5. The average molecular weight is 283 g/mol. The molecular formula is C19H25NO. The Hall–Kier alpha value is -1.54. The lowest BCUT2D eigenvalue weighted by Gasteiger charge is -2.10. The minimum atomic E-state index is 0.843. The van der Waals surface area contributed by atoms with Crippen molar-refractivity contribution in [1.29, 1.82) is 0 Å². The van der Waals surface area contributed by atoms with Crippen molar-refractivity contribution in [2.24, 2.45) is 0 Å². The number of fused-ring (bicyclic) bond motifs is 1. The maximum absolute atomic E-state index is 5.46. The van der Waals surface area contributed by atoms with E-state index >= 15 is 0 Å². The van der Waals surface area contributed by atoms with Crippen molar-refractivity contribution in [3.05, 3.63) is 42.0 Å². The zero-order valence-electron chi connectivity index (χ0n) is 12.9. The van der Waals surface area contributed by atoms with Crippen LogP contribution in [0.1, 0.15) is 37.7 Å². The number of hydrogen-bond donors (Lipinski definition) is 1. The van der Waals surface area contributed by atoms with E-state index in [1.807, 2.05) is 0 Å². The van der Waals surface area contributed by atoms with Gasteiger partial charge in [-0.15, -0.1) is 0 Å². The summed E-state index contributed by atoms with van der Waals surface area (Å²) < 4.78 is 5.46. The third-order valence-electron chi connectivity index (χ3n) is 4.33. The predicted octanol–water partition coefficient (Wildman–Crippen LogP) is 4.31. The van der Waals surface area contributed by atoms with Crippen molar-refractivity contribution in [3.63, 3.8) is 0 Å². The molecule has 0 amide bonds. The van der Waals surface area contributed by atoms with Crippen LogP contribution in [0, 0.1) is 0 Å². The summed E-state index contributed by atoms with van der Waals surface area (Å²) in [6.45, 7) is 1.19. The topological polar surface area (TPSA) is 21.3 Å². The highest BCUT2D eigenvalue weighted by Crippen LogP contribution is 2.29.